The Hall–Kier alpha value is -1.40. The van der Waals surface area contributed by atoms with Crippen molar-refractivity contribution < 1.29 is 5.11 Å². The molecule has 0 spiro atoms. The topological polar surface area (TPSA) is 96.1 Å². The van der Waals surface area contributed by atoms with E-state index in [0.717, 1.165) is 11.4 Å². The summed E-state index contributed by atoms with van der Waals surface area (Å²) in [6.07, 6.45) is 1.80. The number of hydrazine groups is 1. The zero-order valence-corrected chi connectivity index (χ0v) is 8.99. The van der Waals surface area contributed by atoms with E-state index in [2.05, 4.69) is 20.7 Å². The predicted octanol–water partition coefficient (Wildman–Crippen LogP) is 0.253. The van der Waals surface area contributed by atoms with Crippen LogP contribution >= 0.6 is 0 Å². The van der Waals surface area contributed by atoms with Crippen molar-refractivity contribution in [3.63, 3.8) is 0 Å². The maximum absolute atomic E-state index is 9.10. The second-order valence-corrected chi connectivity index (χ2v) is 3.40. The Morgan fingerprint density at radius 1 is 1.47 bits per heavy atom. The summed E-state index contributed by atoms with van der Waals surface area (Å²) in [6, 6.07) is 0. The standard InChI is InChI=1S/C9H17N5O/c1-6(15)3-4-11-8-7(2)9(14-10)13-5-12-8/h5-6,15H,3-4,10H2,1-2H3,(H2,11,12,13,14). The van der Waals surface area contributed by atoms with Gasteiger partial charge in [0, 0.05) is 12.1 Å². The van der Waals surface area contributed by atoms with E-state index in [4.69, 9.17) is 10.9 Å². The molecule has 1 aromatic heterocycles. The van der Waals surface area contributed by atoms with E-state index in [-0.39, 0.29) is 6.10 Å². The molecule has 6 nitrogen and oxygen atoms in total. The van der Waals surface area contributed by atoms with E-state index >= 15 is 0 Å². The molecule has 1 atom stereocenters. The molecule has 0 aromatic carbocycles. The minimum absolute atomic E-state index is 0.313. The number of nitrogens with one attached hydrogen (secondary N) is 2. The van der Waals surface area contributed by atoms with Crippen LogP contribution in [0, 0.1) is 6.92 Å². The van der Waals surface area contributed by atoms with Crippen molar-refractivity contribution >= 4 is 11.6 Å². The molecular formula is C9H17N5O. The quantitative estimate of drug-likeness (QED) is 0.412. The van der Waals surface area contributed by atoms with Crippen molar-refractivity contribution in [1.82, 2.24) is 9.97 Å². The molecule has 15 heavy (non-hydrogen) atoms. The first-order valence-electron chi connectivity index (χ1n) is 4.85. The van der Waals surface area contributed by atoms with Gasteiger partial charge < -0.3 is 15.8 Å². The largest absolute Gasteiger partial charge is 0.393 e. The number of anilines is 2. The van der Waals surface area contributed by atoms with Crippen molar-refractivity contribution in [2.45, 2.75) is 26.4 Å². The second-order valence-electron chi connectivity index (χ2n) is 3.40. The minimum atomic E-state index is -0.313. The molecule has 1 rings (SSSR count). The number of aliphatic hydroxyl groups is 1. The molecule has 1 unspecified atom stereocenters. The van der Waals surface area contributed by atoms with Crippen molar-refractivity contribution in [2.75, 3.05) is 17.3 Å². The van der Waals surface area contributed by atoms with Gasteiger partial charge in [-0.05, 0) is 20.3 Å². The smallest absolute Gasteiger partial charge is 0.148 e. The maximum Gasteiger partial charge on any atom is 0.148 e. The number of aromatic nitrogens is 2. The van der Waals surface area contributed by atoms with Gasteiger partial charge in [0.1, 0.15) is 18.0 Å². The van der Waals surface area contributed by atoms with Crippen LogP contribution in [0.2, 0.25) is 0 Å². The highest BCUT2D eigenvalue weighted by molar-refractivity contribution is 5.55. The number of nitrogen functional groups attached to an aromatic ring is 1. The van der Waals surface area contributed by atoms with Gasteiger partial charge in [-0.25, -0.2) is 15.8 Å². The third kappa shape index (κ3) is 3.34. The summed E-state index contributed by atoms with van der Waals surface area (Å²) in [4.78, 5) is 8.05. The Labute approximate surface area is 88.9 Å². The monoisotopic (exact) mass is 211 g/mol. The molecule has 0 saturated heterocycles. The van der Waals surface area contributed by atoms with Crippen LogP contribution in [0.5, 0.6) is 0 Å². The first kappa shape index (κ1) is 11.7. The van der Waals surface area contributed by atoms with Crippen molar-refractivity contribution in [3.05, 3.63) is 11.9 Å². The summed E-state index contributed by atoms with van der Waals surface area (Å²) in [5.41, 5.74) is 3.36. The van der Waals surface area contributed by atoms with Gasteiger partial charge in [0.25, 0.3) is 0 Å². The lowest BCUT2D eigenvalue weighted by atomic mass is 10.2. The fraction of sp³-hybridized carbons (Fsp3) is 0.556. The van der Waals surface area contributed by atoms with Crippen LogP contribution in [0.1, 0.15) is 18.9 Å². The maximum atomic E-state index is 9.10. The third-order valence-corrected chi connectivity index (χ3v) is 2.08. The molecule has 5 N–H and O–H groups in total. The lowest BCUT2D eigenvalue weighted by Crippen LogP contribution is -2.14. The Bertz CT molecular complexity index is 315. The number of rotatable bonds is 5. The van der Waals surface area contributed by atoms with Gasteiger partial charge in [-0.3, -0.25) is 0 Å². The number of nitrogens with zero attached hydrogens (tertiary/aromatic N) is 2. The van der Waals surface area contributed by atoms with Crippen LogP contribution in [0.3, 0.4) is 0 Å². The summed E-state index contributed by atoms with van der Waals surface area (Å²) >= 11 is 0. The molecule has 0 radical (unpaired) electrons. The van der Waals surface area contributed by atoms with Crippen molar-refractivity contribution in [3.8, 4) is 0 Å². The summed E-state index contributed by atoms with van der Waals surface area (Å²) < 4.78 is 0. The highest BCUT2D eigenvalue weighted by Crippen LogP contribution is 2.16. The molecule has 0 amide bonds. The molecule has 6 heteroatoms. The summed E-state index contributed by atoms with van der Waals surface area (Å²) in [7, 11) is 0. The molecule has 0 aliphatic heterocycles. The van der Waals surface area contributed by atoms with Crippen molar-refractivity contribution in [1.29, 1.82) is 0 Å². The van der Waals surface area contributed by atoms with Gasteiger partial charge in [-0.2, -0.15) is 0 Å². The highest BCUT2D eigenvalue weighted by atomic mass is 16.3. The van der Waals surface area contributed by atoms with Gasteiger partial charge in [0.05, 0.1) is 6.10 Å². The number of hydrogen-bond acceptors (Lipinski definition) is 6. The third-order valence-electron chi connectivity index (χ3n) is 2.08. The van der Waals surface area contributed by atoms with Gasteiger partial charge >= 0.3 is 0 Å². The highest BCUT2D eigenvalue weighted by Gasteiger charge is 2.05. The molecule has 0 saturated carbocycles. The fourth-order valence-electron chi connectivity index (χ4n) is 1.17. The molecule has 0 aliphatic carbocycles. The Morgan fingerprint density at radius 2 is 2.13 bits per heavy atom. The Kier molecular flexibility index (Phi) is 4.26. The minimum Gasteiger partial charge on any atom is -0.393 e. The van der Waals surface area contributed by atoms with Gasteiger partial charge in [0.2, 0.25) is 0 Å². The molecule has 1 heterocycles. The molecule has 0 fully saturated rings. The van der Waals surface area contributed by atoms with Crippen LogP contribution in [0.4, 0.5) is 11.6 Å². The average Bonchev–Trinajstić information content (AvgIpc) is 2.20. The summed E-state index contributed by atoms with van der Waals surface area (Å²) in [5, 5.41) is 12.2. The second kappa shape index (κ2) is 5.47. The van der Waals surface area contributed by atoms with Crippen LogP contribution in [-0.2, 0) is 0 Å². The van der Waals surface area contributed by atoms with E-state index in [9.17, 15) is 0 Å². The number of hydrogen-bond donors (Lipinski definition) is 4. The van der Waals surface area contributed by atoms with E-state index < -0.39 is 0 Å². The summed E-state index contributed by atoms with van der Waals surface area (Å²) in [6.45, 7) is 4.29. The zero-order chi connectivity index (χ0) is 11.3. The van der Waals surface area contributed by atoms with E-state index in [0.29, 0.717) is 18.8 Å². The SMILES string of the molecule is Cc1c(NN)ncnc1NCCC(C)O. The summed E-state index contributed by atoms with van der Waals surface area (Å²) in [5.74, 6) is 6.62. The lowest BCUT2D eigenvalue weighted by molar-refractivity contribution is 0.188. The van der Waals surface area contributed by atoms with Crippen LogP contribution in [0.15, 0.2) is 6.33 Å². The Morgan fingerprint density at radius 3 is 2.73 bits per heavy atom. The Balaban J connectivity index is 2.61. The van der Waals surface area contributed by atoms with Crippen LogP contribution in [0.25, 0.3) is 0 Å². The molecular weight excluding hydrogens is 194 g/mol. The number of nitrogens with two attached hydrogens (primary N) is 1. The van der Waals surface area contributed by atoms with Gasteiger partial charge in [0.15, 0.2) is 0 Å². The van der Waals surface area contributed by atoms with E-state index in [1.165, 1.54) is 6.33 Å². The van der Waals surface area contributed by atoms with Crippen LogP contribution < -0.4 is 16.6 Å². The van der Waals surface area contributed by atoms with E-state index in [1.807, 2.05) is 6.92 Å². The lowest BCUT2D eigenvalue weighted by Gasteiger charge is -2.11. The van der Waals surface area contributed by atoms with Crippen LogP contribution in [-0.4, -0.2) is 27.7 Å². The molecule has 0 aliphatic rings. The molecule has 84 valence electrons. The zero-order valence-electron chi connectivity index (χ0n) is 8.99. The normalized spacial score (nSPS) is 12.3. The first-order chi connectivity index (χ1) is 7.15. The number of aliphatic hydroxyl groups excluding tert-OH is 1. The molecule has 1 aromatic rings. The molecule has 0 bridgehead atoms. The predicted molar refractivity (Wildman–Crippen MR) is 59.4 cm³/mol. The fourth-order valence-corrected chi connectivity index (χ4v) is 1.17. The van der Waals surface area contributed by atoms with Gasteiger partial charge in [-0.15, -0.1) is 0 Å². The first-order valence-corrected chi connectivity index (χ1v) is 4.85. The van der Waals surface area contributed by atoms with Gasteiger partial charge in [-0.1, -0.05) is 0 Å². The average molecular weight is 211 g/mol. The van der Waals surface area contributed by atoms with Crippen molar-refractivity contribution in [2.24, 2.45) is 5.84 Å². The van der Waals surface area contributed by atoms with E-state index in [1.54, 1.807) is 6.92 Å².